The normalized spacial score (nSPS) is 14.8. The molecule has 128 valence electrons. The van der Waals surface area contributed by atoms with Crippen molar-refractivity contribution in [2.45, 2.75) is 6.54 Å². The van der Waals surface area contributed by atoms with Crippen LogP contribution >= 0.6 is 27.5 Å². The van der Waals surface area contributed by atoms with Gasteiger partial charge in [-0.15, -0.1) is 0 Å². The first-order chi connectivity index (χ1) is 12.6. The van der Waals surface area contributed by atoms with Gasteiger partial charge in [0.25, 0.3) is 5.91 Å². The highest BCUT2D eigenvalue weighted by molar-refractivity contribution is 9.10. The Kier molecular flexibility index (Phi) is 4.62. The first kappa shape index (κ1) is 17.0. The summed E-state index contributed by atoms with van der Waals surface area (Å²) in [6.07, 6.45) is 0. The zero-order chi connectivity index (χ0) is 18.1. The molecule has 0 aromatic heterocycles. The van der Waals surface area contributed by atoms with E-state index in [0.717, 1.165) is 27.0 Å². The number of aliphatic imine (C=N–C) groups is 1. The Morgan fingerprint density at radius 1 is 0.962 bits per heavy atom. The van der Waals surface area contributed by atoms with Gasteiger partial charge in [-0.1, -0.05) is 63.9 Å². The number of hydrogen-bond donors (Lipinski definition) is 0. The van der Waals surface area contributed by atoms with Crippen LogP contribution in [0.1, 0.15) is 11.1 Å². The highest BCUT2D eigenvalue weighted by Gasteiger charge is 2.33. The van der Waals surface area contributed by atoms with Crippen molar-refractivity contribution >= 4 is 50.5 Å². The third kappa shape index (κ3) is 3.30. The van der Waals surface area contributed by atoms with E-state index in [4.69, 9.17) is 11.6 Å². The summed E-state index contributed by atoms with van der Waals surface area (Å²) in [7, 11) is 0. The van der Waals surface area contributed by atoms with Gasteiger partial charge in [0.05, 0.1) is 17.9 Å². The van der Waals surface area contributed by atoms with Crippen LogP contribution in [0.3, 0.4) is 0 Å². The first-order valence-electron chi connectivity index (χ1n) is 8.12. The molecule has 3 aromatic carbocycles. The minimum Gasteiger partial charge on any atom is -0.302 e. The molecule has 0 unspecified atom stereocenters. The molecule has 0 atom stereocenters. The lowest BCUT2D eigenvalue weighted by molar-refractivity contribution is -0.112. The summed E-state index contributed by atoms with van der Waals surface area (Å²) < 4.78 is 0.927. The molecule has 0 bridgehead atoms. The molecule has 1 heterocycles. The van der Waals surface area contributed by atoms with Gasteiger partial charge in [0, 0.05) is 15.1 Å². The largest absolute Gasteiger partial charge is 0.302 e. The van der Waals surface area contributed by atoms with Crippen molar-refractivity contribution in [2.75, 3.05) is 4.90 Å². The van der Waals surface area contributed by atoms with Crippen LogP contribution in [0.25, 0.3) is 0 Å². The number of anilines is 1. The van der Waals surface area contributed by atoms with Crippen molar-refractivity contribution < 1.29 is 4.79 Å². The molecule has 3 aromatic rings. The molecule has 0 spiro atoms. The fourth-order valence-electron chi connectivity index (χ4n) is 2.97. The van der Waals surface area contributed by atoms with Gasteiger partial charge in [-0.25, -0.2) is 4.99 Å². The lowest BCUT2D eigenvalue weighted by Gasteiger charge is -2.16. The molecular formula is C21H14BrClN2O. The Bertz CT molecular complexity index is 1010. The fraction of sp³-hybridized carbons (Fsp3) is 0.0476. The molecule has 4 rings (SSSR count). The number of para-hydroxylation sites is 1. The van der Waals surface area contributed by atoms with E-state index >= 15 is 0 Å². The van der Waals surface area contributed by atoms with Crippen LogP contribution in [0.15, 0.2) is 82.3 Å². The standard InChI is InChI=1S/C21H14BrClN2O/c22-15-4-3-5-17(12-15)24-20-18-6-1-2-7-19(18)25(21(20)26)13-14-8-10-16(23)11-9-14/h1-12H,13H2. The van der Waals surface area contributed by atoms with Gasteiger partial charge in [-0.2, -0.15) is 0 Å². The monoisotopic (exact) mass is 424 g/mol. The summed E-state index contributed by atoms with van der Waals surface area (Å²) in [5.74, 6) is -0.0962. The Balaban J connectivity index is 1.74. The number of hydrogen-bond acceptors (Lipinski definition) is 2. The number of fused-ring (bicyclic) bond motifs is 1. The molecule has 0 N–H and O–H groups in total. The number of carbonyl (C=O) groups is 1. The predicted octanol–water partition coefficient (Wildman–Crippen LogP) is 5.77. The third-order valence-corrected chi connectivity index (χ3v) is 4.95. The molecule has 0 aliphatic carbocycles. The number of nitrogens with zero attached hydrogens (tertiary/aromatic N) is 2. The molecule has 0 fully saturated rings. The maximum absolute atomic E-state index is 13.1. The van der Waals surface area contributed by atoms with Crippen LogP contribution in [-0.4, -0.2) is 11.6 Å². The molecule has 1 aliphatic rings. The van der Waals surface area contributed by atoms with Crippen LogP contribution in [0.5, 0.6) is 0 Å². The highest BCUT2D eigenvalue weighted by Crippen LogP contribution is 2.32. The van der Waals surface area contributed by atoms with Gasteiger partial charge in [0.1, 0.15) is 5.71 Å². The van der Waals surface area contributed by atoms with Crippen LogP contribution < -0.4 is 4.90 Å². The number of benzene rings is 3. The SMILES string of the molecule is O=C1C(=Nc2cccc(Br)c2)c2ccccc2N1Cc1ccc(Cl)cc1. The second-order valence-corrected chi connectivity index (χ2v) is 7.33. The van der Waals surface area contributed by atoms with E-state index in [-0.39, 0.29) is 5.91 Å². The number of carbonyl (C=O) groups excluding carboxylic acids is 1. The Morgan fingerprint density at radius 2 is 1.73 bits per heavy atom. The van der Waals surface area contributed by atoms with E-state index in [1.54, 1.807) is 4.90 Å². The summed E-state index contributed by atoms with van der Waals surface area (Å²) in [4.78, 5) is 19.5. The van der Waals surface area contributed by atoms with E-state index in [9.17, 15) is 4.79 Å². The Morgan fingerprint density at radius 3 is 2.50 bits per heavy atom. The van der Waals surface area contributed by atoms with Crippen molar-refractivity contribution in [3.8, 4) is 0 Å². The van der Waals surface area contributed by atoms with Crippen molar-refractivity contribution in [2.24, 2.45) is 4.99 Å². The quantitative estimate of drug-likeness (QED) is 0.524. The molecule has 0 radical (unpaired) electrons. The van der Waals surface area contributed by atoms with Crippen LogP contribution in [0.2, 0.25) is 5.02 Å². The number of rotatable bonds is 3. The van der Waals surface area contributed by atoms with E-state index in [1.165, 1.54) is 0 Å². The van der Waals surface area contributed by atoms with E-state index in [1.807, 2.05) is 72.8 Å². The summed E-state index contributed by atoms with van der Waals surface area (Å²) in [6, 6.07) is 22.9. The maximum Gasteiger partial charge on any atom is 0.277 e. The topological polar surface area (TPSA) is 32.7 Å². The molecule has 0 saturated carbocycles. The van der Waals surface area contributed by atoms with Crippen molar-refractivity contribution in [3.05, 3.63) is 93.4 Å². The van der Waals surface area contributed by atoms with Crippen LogP contribution in [0.4, 0.5) is 11.4 Å². The lowest BCUT2D eigenvalue weighted by Crippen LogP contribution is -2.29. The molecule has 1 aliphatic heterocycles. The second-order valence-electron chi connectivity index (χ2n) is 5.98. The molecule has 5 heteroatoms. The van der Waals surface area contributed by atoms with Crippen molar-refractivity contribution in [3.63, 3.8) is 0 Å². The van der Waals surface area contributed by atoms with Crippen molar-refractivity contribution in [1.29, 1.82) is 0 Å². The molecular weight excluding hydrogens is 412 g/mol. The van der Waals surface area contributed by atoms with Crippen molar-refractivity contribution in [1.82, 2.24) is 0 Å². The van der Waals surface area contributed by atoms with Gasteiger partial charge in [0.2, 0.25) is 0 Å². The molecule has 1 amide bonds. The first-order valence-corrected chi connectivity index (χ1v) is 9.29. The predicted molar refractivity (Wildman–Crippen MR) is 109 cm³/mol. The fourth-order valence-corrected chi connectivity index (χ4v) is 3.49. The highest BCUT2D eigenvalue weighted by atomic mass is 79.9. The molecule has 3 nitrogen and oxygen atoms in total. The van der Waals surface area contributed by atoms with E-state index in [0.29, 0.717) is 17.3 Å². The Hall–Kier alpha value is -2.43. The van der Waals surface area contributed by atoms with Gasteiger partial charge in [-0.05, 0) is 42.0 Å². The minimum absolute atomic E-state index is 0.0962. The number of amides is 1. The van der Waals surface area contributed by atoms with Gasteiger partial charge >= 0.3 is 0 Å². The number of halogens is 2. The summed E-state index contributed by atoms with van der Waals surface area (Å²) in [6.45, 7) is 0.477. The third-order valence-electron chi connectivity index (χ3n) is 4.20. The average Bonchev–Trinajstić information content (AvgIpc) is 2.90. The minimum atomic E-state index is -0.0962. The second kappa shape index (κ2) is 7.06. The summed E-state index contributed by atoms with van der Waals surface area (Å²) >= 11 is 9.41. The van der Waals surface area contributed by atoms with Gasteiger partial charge in [0.15, 0.2) is 0 Å². The van der Waals surface area contributed by atoms with Crippen LogP contribution in [-0.2, 0) is 11.3 Å². The maximum atomic E-state index is 13.1. The van der Waals surface area contributed by atoms with Gasteiger partial charge < -0.3 is 4.90 Å². The van der Waals surface area contributed by atoms with E-state index < -0.39 is 0 Å². The Labute approximate surface area is 165 Å². The molecule has 0 saturated heterocycles. The smallest absolute Gasteiger partial charge is 0.277 e. The average molecular weight is 426 g/mol. The lowest BCUT2D eigenvalue weighted by atomic mass is 10.1. The summed E-state index contributed by atoms with van der Waals surface area (Å²) in [5.41, 5.74) is 3.95. The zero-order valence-corrected chi connectivity index (χ0v) is 16.0. The molecule has 26 heavy (non-hydrogen) atoms. The summed E-state index contributed by atoms with van der Waals surface area (Å²) in [5, 5.41) is 0.679. The van der Waals surface area contributed by atoms with Gasteiger partial charge in [-0.3, -0.25) is 4.79 Å². The van der Waals surface area contributed by atoms with E-state index in [2.05, 4.69) is 20.9 Å². The van der Waals surface area contributed by atoms with Crippen LogP contribution in [0, 0.1) is 0 Å². The zero-order valence-electron chi connectivity index (χ0n) is 13.7.